The van der Waals surface area contributed by atoms with Crippen LogP contribution in [-0.4, -0.2) is 18.5 Å². The fraction of sp³-hybridized carbons (Fsp3) is 0.200. The van der Waals surface area contributed by atoms with E-state index in [0.717, 1.165) is 0 Å². The average molecular weight is 356 g/mol. The van der Waals surface area contributed by atoms with Crippen molar-refractivity contribution < 1.29 is 39.9 Å². The van der Waals surface area contributed by atoms with Crippen LogP contribution < -0.4 is 4.74 Å². The maximum atomic E-state index is 13.8. The minimum absolute atomic E-state index is 0.0612. The van der Waals surface area contributed by atoms with Gasteiger partial charge in [-0.15, -0.1) is 0 Å². The Hall–Kier alpha value is -2.32. The molecule has 1 unspecified atom stereocenters. The molecule has 0 aliphatic heterocycles. The fourth-order valence-corrected chi connectivity index (χ4v) is 1.83. The van der Waals surface area contributed by atoms with E-state index in [1.165, 1.54) is 12.1 Å². The van der Waals surface area contributed by atoms with Crippen LogP contribution in [0.5, 0.6) is 5.75 Å². The smallest absolute Gasteiger partial charge is 0.424 e. The van der Waals surface area contributed by atoms with Crippen LogP contribution in [0.3, 0.4) is 0 Å². The second-order valence-corrected chi connectivity index (χ2v) is 4.70. The van der Waals surface area contributed by atoms with Crippen molar-refractivity contribution in [2.45, 2.75) is 18.5 Å². The molecule has 0 N–H and O–H groups in total. The Morgan fingerprint density at radius 1 is 0.792 bits per heavy atom. The molecule has 2 rings (SSSR count). The number of rotatable bonds is 4. The third kappa shape index (κ3) is 3.77. The zero-order chi connectivity index (χ0) is 18.1. The molecule has 0 aromatic heterocycles. The van der Waals surface area contributed by atoms with E-state index in [9.17, 15) is 35.1 Å². The molecule has 0 spiro atoms. The van der Waals surface area contributed by atoms with Crippen LogP contribution in [0.15, 0.2) is 42.5 Å². The van der Waals surface area contributed by atoms with E-state index < -0.39 is 35.8 Å². The molecule has 0 amide bonds. The van der Waals surface area contributed by atoms with Crippen molar-refractivity contribution in [2.75, 3.05) is 0 Å². The summed E-state index contributed by atoms with van der Waals surface area (Å²) in [6, 6.07) is 8.80. The molecule has 1 nitrogen and oxygen atoms in total. The van der Waals surface area contributed by atoms with Crippen LogP contribution in [0.25, 0.3) is 11.1 Å². The highest BCUT2D eigenvalue weighted by molar-refractivity contribution is 5.64. The molecule has 2 aromatic rings. The Kier molecular flexibility index (Phi) is 4.73. The van der Waals surface area contributed by atoms with Crippen LogP contribution in [0.1, 0.15) is 0 Å². The lowest BCUT2D eigenvalue weighted by atomic mass is 10.1. The van der Waals surface area contributed by atoms with E-state index in [1.807, 2.05) is 0 Å². The summed E-state index contributed by atoms with van der Waals surface area (Å²) in [5.74, 6) is -5.18. The monoisotopic (exact) mass is 356 g/mol. The standard InChI is InChI=1S/C15H8F8O/c16-10-6-9(8-4-2-1-3-5-8)7-11(17)12(10)24-15(22,23)13(18)14(19,20)21/h1-7,13H. The summed E-state index contributed by atoms with van der Waals surface area (Å²) in [7, 11) is 0. The predicted molar refractivity (Wildman–Crippen MR) is 68.3 cm³/mol. The van der Waals surface area contributed by atoms with Gasteiger partial charge in [0.05, 0.1) is 0 Å². The largest absolute Gasteiger partial charge is 0.439 e. The summed E-state index contributed by atoms with van der Waals surface area (Å²) in [5, 5.41) is 0. The van der Waals surface area contributed by atoms with Gasteiger partial charge in [-0.3, -0.25) is 0 Å². The summed E-state index contributed by atoms with van der Waals surface area (Å²) < 4.78 is 106. The number of alkyl halides is 6. The van der Waals surface area contributed by atoms with Gasteiger partial charge in [0.15, 0.2) is 17.4 Å². The molecule has 0 aliphatic rings. The number of ether oxygens (including phenoxy) is 1. The summed E-state index contributed by atoms with van der Waals surface area (Å²) in [6.07, 6.45) is -16.2. The van der Waals surface area contributed by atoms with Gasteiger partial charge < -0.3 is 4.74 Å². The maximum absolute atomic E-state index is 13.8. The molecule has 0 saturated carbocycles. The lowest BCUT2D eigenvalue weighted by Gasteiger charge is -2.23. The average Bonchev–Trinajstić information content (AvgIpc) is 2.50. The van der Waals surface area contributed by atoms with Gasteiger partial charge in [-0.05, 0) is 23.3 Å². The topological polar surface area (TPSA) is 9.23 Å². The Balaban J connectivity index is 2.36. The molecule has 0 bridgehead atoms. The van der Waals surface area contributed by atoms with Crippen molar-refractivity contribution in [3.63, 3.8) is 0 Å². The molecule has 0 radical (unpaired) electrons. The molecule has 2 aromatic carbocycles. The minimum Gasteiger partial charge on any atom is -0.424 e. The lowest BCUT2D eigenvalue weighted by Crippen LogP contribution is -2.46. The molecule has 0 heterocycles. The van der Waals surface area contributed by atoms with Crippen LogP contribution in [0.2, 0.25) is 0 Å². The molecule has 130 valence electrons. The van der Waals surface area contributed by atoms with Crippen molar-refractivity contribution in [2.24, 2.45) is 0 Å². The summed E-state index contributed by atoms with van der Waals surface area (Å²) in [6.45, 7) is 0. The Morgan fingerprint density at radius 2 is 1.29 bits per heavy atom. The molecule has 0 aliphatic carbocycles. The van der Waals surface area contributed by atoms with Crippen LogP contribution in [0.4, 0.5) is 35.1 Å². The van der Waals surface area contributed by atoms with Gasteiger partial charge in [0, 0.05) is 0 Å². The highest BCUT2D eigenvalue weighted by atomic mass is 19.4. The van der Waals surface area contributed by atoms with Crippen molar-refractivity contribution in [1.29, 1.82) is 0 Å². The summed E-state index contributed by atoms with van der Waals surface area (Å²) in [5.41, 5.74) is 0.265. The van der Waals surface area contributed by atoms with Gasteiger partial charge in [0.25, 0.3) is 6.17 Å². The van der Waals surface area contributed by atoms with Crippen molar-refractivity contribution in [3.8, 4) is 16.9 Å². The van der Waals surface area contributed by atoms with Crippen LogP contribution in [0, 0.1) is 11.6 Å². The summed E-state index contributed by atoms with van der Waals surface area (Å²) in [4.78, 5) is 0. The minimum atomic E-state index is -5.96. The second kappa shape index (κ2) is 6.29. The zero-order valence-corrected chi connectivity index (χ0v) is 11.6. The van der Waals surface area contributed by atoms with E-state index in [-0.39, 0.29) is 5.56 Å². The first-order chi connectivity index (χ1) is 11.0. The van der Waals surface area contributed by atoms with Crippen molar-refractivity contribution in [3.05, 3.63) is 54.1 Å². The van der Waals surface area contributed by atoms with E-state index >= 15 is 0 Å². The van der Waals surface area contributed by atoms with Gasteiger partial charge in [0.1, 0.15) is 0 Å². The van der Waals surface area contributed by atoms with Crippen molar-refractivity contribution in [1.82, 2.24) is 0 Å². The van der Waals surface area contributed by atoms with Crippen LogP contribution in [-0.2, 0) is 0 Å². The van der Waals surface area contributed by atoms with E-state index in [4.69, 9.17) is 0 Å². The number of benzene rings is 2. The Morgan fingerprint density at radius 3 is 1.75 bits per heavy atom. The molecule has 1 atom stereocenters. The molecule has 0 fully saturated rings. The molecule has 0 saturated heterocycles. The SMILES string of the molecule is Fc1cc(-c2ccccc2)cc(F)c1OC(F)(F)C(F)C(F)(F)F. The first-order valence-electron chi connectivity index (χ1n) is 6.34. The normalized spacial score (nSPS) is 13.7. The highest BCUT2D eigenvalue weighted by Gasteiger charge is 2.59. The Bertz CT molecular complexity index is 688. The molecule has 9 heteroatoms. The van der Waals surface area contributed by atoms with E-state index in [0.29, 0.717) is 17.7 Å². The number of hydrogen-bond acceptors (Lipinski definition) is 1. The van der Waals surface area contributed by atoms with E-state index in [1.54, 1.807) is 18.2 Å². The van der Waals surface area contributed by atoms with Gasteiger partial charge in [-0.2, -0.15) is 22.0 Å². The van der Waals surface area contributed by atoms with Crippen LogP contribution >= 0.6 is 0 Å². The zero-order valence-electron chi connectivity index (χ0n) is 11.6. The van der Waals surface area contributed by atoms with Crippen molar-refractivity contribution >= 4 is 0 Å². The highest BCUT2D eigenvalue weighted by Crippen LogP contribution is 2.38. The van der Waals surface area contributed by atoms with Gasteiger partial charge in [-0.25, -0.2) is 13.2 Å². The third-order valence-corrected chi connectivity index (χ3v) is 2.93. The van der Waals surface area contributed by atoms with Gasteiger partial charge in [0.2, 0.25) is 0 Å². The third-order valence-electron chi connectivity index (χ3n) is 2.93. The first-order valence-corrected chi connectivity index (χ1v) is 6.34. The molecular formula is C15H8F8O. The summed E-state index contributed by atoms with van der Waals surface area (Å²) >= 11 is 0. The fourth-order valence-electron chi connectivity index (χ4n) is 1.83. The number of halogens is 8. The first kappa shape index (κ1) is 18.0. The Labute approximate surface area is 130 Å². The van der Waals surface area contributed by atoms with Gasteiger partial charge in [-0.1, -0.05) is 30.3 Å². The van der Waals surface area contributed by atoms with E-state index in [2.05, 4.69) is 4.74 Å². The lowest BCUT2D eigenvalue weighted by molar-refractivity contribution is -0.306. The molecular weight excluding hydrogens is 348 g/mol. The molecule has 24 heavy (non-hydrogen) atoms. The van der Waals surface area contributed by atoms with Gasteiger partial charge >= 0.3 is 12.3 Å². The predicted octanol–water partition coefficient (Wildman–Crippen LogP) is 5.50. The quantitative estimate of drug-likeness (QED) is 0.657. The maximum Gasteiger partial charge on any atom is 0.439 e. The number of hydrogen-bond donors (Lipinski definition) is 0. The second-order valence-electron chi connectivity index (χ2n) is 4.70.